The standard InChI is InChI=1S/C28H21N2.C13H24O2.Ir/c1-18(2)20-14-15-21-17-29-27-23-12-6-8-19-9-7-13-25(26(19)23)30(28(27)24(21)16-20)22-10-4-3-5-11-22;1-5-10(6-2)12(14)9-13(15)11(7-3)8-4;/h3-11,13-18H,1-2H3;9-11,14H,5-8H2,1-4H3;/q-1;;/b;12-9-;. The second-order valence-corrected chi connectivity index (χ2v) is 12.2. The van der Waals surface area contributed by atoms with E-state index in [1.165, 1.54) is 33.5 Å². The Bertz CT molecular complexity index is 1820. The number of hydrogen-bond donors (Lipinski definition) is 1. The van der Waals surface area contributed by atoms with Crippen LogP contribution in [0, 0.1) is 17.9 Å². The second-order valence-electron chi connectivity index (χ2n) is 12.2. The molecule has 0 spiro atoms. The molecule has 0 fully saturated rings. The molecule has 1 aliphatic rings. The maximum absolute atomic E-state index is 11.7. The summed E-state index contributed by atoms with van der Waals surface area (Å²) in [6.07, 6.45) is 6.91. The number of para-hydroxylation sites is 1. The molecule has 1 radical (unpaired) electrons. The number of anilines is 3. The number of aromatic nitrogens is 1. The van der Waals surface area contributed by atoms with Crippen molar-refractivity contribution >= 4 is 44.4 Å². The van der Waals surface area contributed by atoms with E-state index in [9.17, 15) is 9.90 Å². The molecule has 4 nitrogen and oxygen atoms in total. The molecule has 0 unspecified atom stereocenters. The van der Waals surface area contributed by atoms with Gasteiger partial charge in [-0.25, -0.2) is 0 Å². The molecule has 241 valence electrons. The molecule has 4 aromatic carbocycles. The fraction of sp³-hybridized carbons (Fsp3) is 0.317. The van der Waals surface area contributed by atoms with Crippen LogP contribution in [-0.2, 0) is 24.9 Å². The number of carbonyl (C=O) groups is 1. The van der Waals surface area contributed by atoms with Gasteiger partial charge in [-0.3, -0.25) is 4.79 Å². The van der Waals surface area contributed by atoms with E-state index in [1.54, 1.807) is 0 Å². The predicted octanol–water partition coefficient (Wildman–Crippen LogP) is 11.6. The van der Waals surface area contributed by atoms with Crippen LogP contribution in [0.4, 0.5) is 17.1 Å². The second kappa shape index (κ2) is 15.7. The molecule has 0 amide bonds. The Kier molecular flexibility index (Phi) is 11.9. The van der Waals surface area contributed by atoms with Crippen LogP contribution in [0.2, 0.25) is 0 Å². The summed E-state index contributed by atoms with van der Waals surface area (Å²) >= 11 is 0. The fourth-order valence-corrected chi connectivity index (χ4v) is 6.36. The van der Waals surface area contributed by atoms with Crippen molar-refractivity contribution in [2.75, 3.05) is 4.90 Å². The van der Waals surface area contributed by atoms with Gasteiger partial charge in [-0.15, -0.1) is 23.8 Å². The van der Waals surface area contributed by atoms with E-state index >= 15 is 0 Å². The van der Waals surface area contributed by atoms with Crippen LogP contribution in [0.5, 0.6) is 0 Å². The summed E-state index contributed by atoms with van der Waals surface area (Å²) < 4.78 is 0. The van der Waals surface area contributed by atoms with Crippen molar-refractivity contribution in [1.29, 1.82) is 0 Å². The van der Waals surface area contributed by atoms with Gasteiger partial charge >= 0.3 is 0 Å². The zero-order valence-electron chi connectivity index (χ0n) is 27.8. The summed E-state index contributed by atoms with van der Waals surface area (Å²) in [5.74, 6) is 1.01. The van der Waals surface area contributed by atoms with Gasteiger partial charge in [0.15, 0.2) is 5.78 Å². The maximum atomic E-state index is 11.7. The molecule has 2 heterocycles. The Morgan fingerprint density at radius 2 is 1.57 bits per heavy atom. The first-order valence-electron chi connectivity index (χ1n) is 16.5. The third-order valence-electron chi connectivity index (χ3n) is 9.17. The first-order chi connectivity index (χ1) is 21.8. The molecular weight excluding hydrogens is 745 g/mol. The largest absolute Gasteiger partial charge is 0.512 e. The van der Waals surface area contributed by atoms with Gasteiger partial charge in [-0.1, -0.05) is 94.8 Å². The van der Waals surface area contributed by atoms with Crippen molar-refractivity contribution in [1.82, 2.24) is 4.98 Å². The number of fused-ring (bicyclic) bond motifs is 4. The third kappa shape index (κ3) is 6.96. The van der Waals surface area contributed by atoms with Gasteiger partial charge in [0, 0.05) is 77.7 Å². The summed E-state index contributed by atoms with van der Waals surface area (Å²) in [5.41, 5.74) is 6.89. The van der Waals surface area contributed by atoms with Gasteiger partial charge in [0.2, 0.25) is 0 Å². The quantitative estimate of drug-likeness (QED) is 0.0900. The summed E-state index contributed by atoms with van der Waals surface area (Å²) in [4.78, 5) is 19.0. The number of carbonyl (C=O) groups excluding carboxylic acids is 1. The molecule has 6 rings (SSSR count). The minimum atomic E-state index is 0. The van der Waals surface area contributed by atoms with Gasteiger partial charge < -0.3 is 15.0 Å². The SMILES string of the molecule is CC(C)c1ccc2cnc3c(c2c1)N(c1ccccc1)c1cccc2cc[c-]c-3c12.CCC(CC)C(=O)/C=C(\O)C(CC)CC.[Ir]. The smallest absolute Gasteiger partial charge is 0.162 e. The topological polar surface area (TPSA) is 53.4 Å². The molecule has 0 aliphatic carbocycles. The molecular formula is C41H45IrN2O2-. The van der Waals surface area contributed by atoms with Crippen molar-refractivity contribution < 1.29 is 30.0 Å². The molecule has 0 saturated heterocycles. The van der Waals surface area contributed by atoms with E-state index in [0.29, 0.717) is 5.92 Å². The van der Waals surface area contributed by atoms with E-state index in [1.807, 2.05) is 40.0 Å². The summed E-state index contributed by atoms with van der Waals surface area (Å²) in [6.45, 7) is 12.6. The zero-order chi connectivity index (χ0) is 32.1. The number of pyridine rings is 1. The van der Waals surface area contributed by atoms with Crippen LogP contribution in [0.1, 0.15) is 78.7 Å². The van der Waals surface area contributed by atoms with E-state index in [-0.39, 0.29) is 43.5 Å². The molecule has 5 aromatic rings. The molecule has 46 heavy (non-hydrogen) atoms. The van der Waals surface area contributed by atoms with Crippen molar-refractivity contribution in [3.05, 3.63) is 109 Å². The fourth-order valence-electron chi connectivity index (χ4n) is 6.36. The summed E-state index contributed by atoms with van der Waals surface area (Å²) in [6, 6.07) is 31.5. The summed E-state index contributed by atoms with van der Waals surface area (Å²) in [7, 11) is 0. The predicted molar refractivity (Wildman–Crippen MR) is 190 cm³/mol. The monoisotopic (exact) mass is 790 g/mol. The zero-order valence-corrected chi connectivity index (χ0v) is 30.2. The molecule has 0 bridgehead atoms. The molecule has 1 N–H and O–H groups in total. The summed E-state index contributed by atoms with van der Waals surface area (Å²) in [5, 5.41) is 14.6. The van der Waals surface area contributed by atoms with Gasteiger partial charge in [0.1, 0.15) is 0 Å². The van der Waals surface area contributed by atoms with Crippen molar-refractivity contribution in [2.45, 2.75) is 73.1 Å². The number of ketones is 1. The number of rotatable bonds is 9. The average Bonchev–Trinajstić information content (AvgIpc) is 3.06. The Morgan fingerprint density at radius 3 is 2.22 bits per heavy atom. The van der Waals surface area contributed by atoms with Crippen molar-refractivity contribution in [3.63, 3.8) is 0 Å². The van der Waals surface area contributed by atoms with Crippen LogP contribution in [0.15, 0.2) is 96.9 Å². The molecule has 5 heteroatoms. The number of aliphatic hydroxyl groups excluding tert-OH is 1. The number of aliphatic hydroxyl groups is 1. The molecule has 1 aliphatic heterocycles. The first-order valence-corrected chi connectivity index (χ1v) is 16.5. The Labute approximate surface area is 287 Å². The normalized spacial score (nSPS) is 12.3. The van der Waals surface area contributed by atoms with Gasteiger partial charge in [0.05, 0.1) is 5.76 Å². The Hall–Kier alpha value is -3.79. The van der Waals surface area contributed by atoms with E-state index in [4.69, 9.17) is 4.98 Å². The number of allylic oxidation sites excluding steroid dienone is 2. The molecule has 0 saturated carbocycles. The van der Waals surface area contributed by atoms with Crippen molar-refractivity contribution in [3.8, 4) is 11.3 Å². The molecule has 0 atom stereocenters. The minimum absolute atomic E-state index is 0. The van der Waals surface area contributed by atoms with Gasteiger partial charge in [-0.2, -0.15) is 0 Å². The maximum Gasteiger partial charge on any atom is 0.162 e. The van der Waals surface area contributed by atoms with Crippen LogP contribution >= 0.6 is 0 Å². The first kappa shape index (κ1) is 35.1. The van der Waals surface area contributed by atoms with Crippen LogP contribution in [0.25, 0.3) is 32.8 Å². The van der Waals surface area contributed by atoms with Crippen LogP contribution in [-0.4, -0.2) is 15.9 Å². The van der Waals surface area contributed by atoms with E-state index in [2.05, 4.69) is 97.6 Å². The Balaban J connectivity index is 0.000000259. The Morgan fingerprint density at radius 1 is 0.870 bits per heavy atom. The third-order valence-corrected chi connectivity index (χ3v) is 9.17. The van der Waals surface area contributed by atoms with E-state index in [0.717, 1.165) is 53.7 Å². The number of hydrogen-bond acceptors (Lipinski definition) is 4. The van der Waals surface area contributed by atoms with Gasteiger partial charge in [-0.05, 0) is 61.4 Å². The van der Waals surface area contributed by atoms with Crippen LogP contribution < -0.4 is 4.90 Å². The average molecular weight is 790 g/mol. The molecule has 1 aromatic heterocycles. The minimum Gasteiger partial charge on any atom is -0.512 e. The van der Waals surface area contributed by atoms with Crippen LogP contribution in [0.3, 0.4) is 0 Å². The number of benzene rings is 4. The van der Waals surface area contributed by atoms with Gasteiger partial charge in [0.25, 0.3) is 0 Å². The number of nitrogens with zero attached hydrogens (tertiary/aromatic N) is 2. The van der Waals surface area contributed by atoms with E-state index < -0.39 is 0 Å². The van der Waals surface area contributed by atoms with Crippen molar-refractivity contribution in [2.24, 2.45) is 11.8 Å².